The first-order valence-electron chi connectivity index (χ1n) is 11.5. The van der Waals surface area contributed by atoms with Crippen molar-refractivity contribution in [3.8, 4) is 0 Å². The van der Waals surface area contributed by atoms with Crippen molar-refractivity contribution >= 4 is 28.8 Å². The number of hydrogen-bond acceptors (Lipinski definition) is 5. The predicted octanol–water partition coefficient (Wildman–Crippen LogP) is 3.06. The molecule has 0 unspecified atom stereocenters. The molecular formula is C24H38N4O3S. The van der Waals surface area contributed by atoms with Crippen LogP contribution < -0.4 is 5.32 Å². The van der Waals surface area contributed by atoms with Gasteiger partial charge in [0.05, 0.1) is 0 Å². The molecule has 0 radical (unpaired) electrons. The average Bonchev–Trinajstić information content (AvgIpc) is 2.74. The Morgan fingerprint density at radius 3 is 2.53 bits per heavy atom. The second-order valence-electron chi connectivity index (χ2n) is 8.81. The molecular weight excluding hydrogens is 424 g/mol. The van der Waals surface area contributed by atoms with Crippen molar-refractivity contribution in [1.82, 2.24) is 20.0 Å². The fourth-order valence-electron chi connectivity index (χ4n) is 3.64. The highest BCUT2D eigenvalue weighted by molar-refractivity contribution is 8.13. The standard InChI is InChI=1S/C24H38N4O3S/c1-19(2)12-13-27(16-17-32-20(3)29)24(31)25-22-18-26(4)14-15-28(22)23(30)11-10-21-8-6-5-7-9-21/h5-9,19,22H,10-18H2,1-4H3,(H,25,31)/t22-/m0/s1. The Hall–Kier alpha value is -2.06. The van der Waals surface area contributed by atoms with Gasteiger partial charge in [0, 0.05) is 51.8 Å². The third kappa shape index (κ3) is 9.20. The van der Waals surface area contributed by atoms with E-state index >= 15 is 0 Å². The van der Waals surface area contributed by atoms with Crippen molar-refractivity contribution in [2.24, 2.45) is 5.92 Å². The number of carbonyl (C=O) groups is 3. The van der Waals surface area contributed by atoms with Crippen molar-refractivity contribution in [2.45, 2.75) is 46.2 Å². The number of benzene rings is 1. The lowest BCUT2D eigenvalue weighted by Gasteiger charge is -2.41. The maximum Gasteiger partial charge on any atom is 0.319 e. The van der Waals surface area contributed by atoms with Gasteiger partial charge >= 0.3 is 6.03 Å². The van der Waals surface area contributed by atoms with Crippen LogP contribution in [-0.2, 0) is 16.0 Å². The van der Waals surface area contributed by atoms with E-state index in [1.165, 1.54) is 11.8 Å². The van der Waals surface area contributed by atoms with Crippen LogP contribution in [0.1, 0.15) is 39.2 Å². The lowest BCUT2D eigenvalue weighted by Crippen LogP contribution is -2.62. The van der Waals surface area contributed by atoms with Crippen LogP contribution in [0.25, 0.3) is 0 Å². The molecule has 1 heterocycles. The van der Waals surface area contributed by atoms with E-state index in [2.05, 4.69) is 24.1 Å². The molecule has 7 nitrogen and oxygen atoms in total. The van der Waals surface area contributed by atoms with Gasteiger partial charge in [-0.15, -0.1) is 0 Å². The zero-order valence-electron chi connectivity index (χ0n) is 19.9. The first-order valence-corrected chi connectivity index (χ1v) is 12.5. The minimum absolute atomic E-state index is 0.0540. The molecule has 1 fully saturated rings. The molecule has 2 rings (SSSR count). The SMILES string of the molecule is CC(=O)SCCN(CCC(C)C)C(=O)N[C@@H]1CN(C)CCN1C(=O)CCc1ccccc1. The van der Waals surface area contributed by atoms with Gasteiger partial charge in [-0.1, -0.05) is 55.9 Å². The highest BCUT2D eigenvalue weighted by Crippen LogP contribution is 2.13. The summed E-state index contributed by atoms with van der Waals surface area (Å²) in [5.41, 5.74) is 1.14. The van der Waals surface area contributed by atoms with Gasteiger partial charge in [0.25, 0.3) is 0 Å². The summed E-state index contributed by atoms with van der Waals surface area (Å²) < 4.78 is 0. The van der Waals surface area contributed by atoms with Crippen molar-refractivity contribution in [1.29, 1.82) is 0 Å². The molecule has 1 aliphatic heterocycles. The number of aryl methyl sites for hydroxylation is 1. The third-order valence-electron chi connectivity index (χ3n) is 5.59. The Kier molecular flexibility index (Phi) is 11.0. The van der Waals surface area contributed by atoms with Crippen molar-refractivity contribution in [3.63, 3.8) is 0 Å². The minimum atomic E-state index is -0.355. The van der Waals surface area contributed by atoms with E-state index < -0.39 is 0 Å². The number of hydrogen-bond donors (Lipinski definition) is 1. The zero-order valence-corrected chi connectivity index (χ0v) is 20.7. The van der Waals surface area contributed by atoms with Crippen LogP contribution in [-0.4, -0.2) is 83.4 Å². The molecule has 0 aliphatic carbocycles. The monoisotopic (exact) mass is 462 g/mol. The molecule has 0 saturated carbocycles. The summed E-state index contributed by atoms with van der Waals surface area (Å²) in [5.74, 6) is 1.11. The fourth-order valence-corrected chi connectivity index (χ4v) is 4.24. The molecule has 1 N–H and O–H groups in total. The van der Waals surface area contributed by atoms with Gasteiger partial charge in [-0.25, -0.2) is 4.79 Å². The van der Waals surface area contributed by atoms with Crippen LogP contribution in [0.4, 0.5) is 4.79 Å². The van der Waals surface area contributed by atoms with Gasteiger partial charge in [-0.05, 0) is 31.4 Å². The zero-order chi connectivity index (χ0) is 23.5. The molecule has 0 bridgehead atoms. The molecule has 3 amide bonds. The summed E-state index contributed by atoms with van der Waals surface area (Å²) in [6.45, 7) is 8.92. The largest absolute Gasteiger partial charge is 0.324 e. The van der Waals surface area contributed by atoms with E-state index in [0.29, 0.717) is 50.7 Å². The van der Waals surface area contributed by atoms with Gasteiger partial charge in [0.15, 0.2) is 5.12 Å². The van der Waals surface area contributed by atoms with Crippen LogP contribution in [0, 0.1) is 5.92 Å². The van der Waals surface area contributed by atoms with E-state index in [-0.39, 0.29) is 23.2 Å². The second kappa shape index (κ2) is 13.5. The lowest BCUT2D eigenvalue weighted by molar-refractivity contribution is -0.136. The topological polar surface area (TPSA) is 73.0 Å². The molecule has 32 heavy (non-hydrogen) atoms. The van der Waals surface area contributed by atoms with Gasteiger partial charge in [0.1, 0.15) is 6.17 Å². The molecule has 1 saturated heterocycles. The highest BCUT2D eigenvalue weighted by atomic mass is 32.2. The Morgan fingerprint density at radius 2 is 1.88 bits per heavy atom. The Morgan fingerprint density at radius 1 is 1.16 bits per heavy atom. The maximum absolute atomic E-state index is 13.1. The Bertz CT molecular complexity index is 744. The Balaban J connectivity index is 1.99. The van der Waals surface area contributed by atoms with E-state index in [1.54, 1.807) is 11.8 Å². The quantitative estimate of drug-likeness (QED) is 0.579. The van der Waals surface area contributed by atoms with Crippen molar-refractivity contribution in [3.05, 3.63) is 35.9 Å². The highest BCUT2D eigenvalue weighted by Gasteiger charge is 2.31. The molecule has 8 heteroatoms. The van der Waals surface area contributed by atoms with Crippen LogP contribution in [0.5, 0.6) is 0 Å². The summed E-state index contributed by atoms with van der Waals surface area (Å²) in [7, 11) is 2.00. The maximum atomic E-state index is 13.1. The van der Waals surface area contributed by atoms with Gasteiger partial charge < -0.3 is 20.0 Å². The Labute approximate surface area is 196 Å². The number of amides is 3. The summed E-state index contributed by atoms with van der Waals surface area (Å²) >= 11 is 1.23. The van der Waals surface area contributed by atoms with E-state index in [0.717, 1.165) is 18.5 Å². The van der Waals surface area contributed by atoms with Crippen molar-refractivity contribution < 1.29 is 14.4 Å². The molecule has 1 atom stereocenters. The minimum Gasteiger partial charge on any atom is -0.324 e. The van der Waals surface area contributed by atoms with Crippen LogP contribution in [0.2, 0.25) is 0 Å². The van der Waals surface area contributed by atoms with Gasteiger partial charge in [-0.2, -0.15) is 0 Å². The molecule has 1 aliphatic rings. The van der Waals surface area contributed by atoms with E-state index in [9.17, 15) is 14.4 Å². The fraction of sp³-hybridized carbons (Fsp3) is 0.625. The van der Waals surface area contributed by atoms with Gasteiger partial charge in [0.2, 0.25) is 5.91 Å². The first-order chi connectivity index (χ1) is 15.3. The number of thioether (sulfide) groups is 1. The molecule has 0 spiro atoms. The molecule has 178 valence electrons. The number of likely N-dealkylation sites (N-methyl/N-ethyl adjacent to an activating group) is 1. The van der Waals surface area contributed by atoms with Crippen LogP contribution in [0.3, 0.4) is 0 Å². The number of rotatable bonds is 10. The van der Waals surface area contributed by atoms with Crippen LogP contribution >= 0.6 is 11.8 Å². The third-order valence-corrected chi connectivity index (χ3v) is 6.39. The van der Waals surface area contributed by atoms with Crippen LogP contribution in [0.15, 0.2) is 30.3 Å². The second-order valence-corrected chi connectivity index (χ2v) is 10.1. The molecule has 0 aromatic heterocycles. The summed E-state index contributed by atoms with van der Waals surface area (Å²) in [4.78, 5) is 43.1. The number of piperazine rings is 1. The number of nitrogens with one attached hydrogen (secondary N) is 1. The summed E-state index contributed by atoms with van der Waals surface area (Å²) in [6.07, 6.45) is 1.65. The molecule has 1 aromatic rings. The number of carbonyl (C=O) groups excluding carboxylic acids is 3. The lowest BCUT2D eigenvalue weighted by atomic mass is 10.1. The van der Waals surface area contributed by atoms with Gasteiger partial charge in [-0.3, -0.25) is 9.59 Å². The number of urea groups is 1. The smallest absolute Gasteiger partial charge is 0.319 e. The molecule has 1 aromatic carbocycles. The first kappa shape index (κ1) is 26.2. The normalized spacial score (nSPS) is 16.8. The predicted molar refractivity (Wildman–Crippen MR) is 130 cm³/mol. The van der Waals surface area contributed by atoms with E-state index in [1.807, 2.05) is 42.3 Å². The number of nitrogens with zero attached hydrogens (tertiary/aromatic N) is 3. The van der Waals surface area contributed by atoms with E-state index in [4.69, 9.17) is 0 Å². The average molecular weight is 463 g/mol. The summed E-state index contributed by atoms with van der Waals surface area (Å²) in [6, 6.07) is 9.82. The van der Waals surface area contributed by atoms with Crippen molar-refractivity contribution in [2.75, 3.05) is 45.5 Å². The summed E-state index contributed by atoms with van der Waals surface area (Å²) in [5, 5.41) is 3.15.